The molecule has 0 fully saturated rings. The van der Waals surface area contributed by atoms with Gasteiger partial charge in [0.25, 0.3) is 0 Å². The highest BCUT2D eigenvalue weighted by Gasteiger charge is 2.18. The third-order valence-corrected chi connectivity index (χ3v) is 4.98. The van der Waals surface area contributed by atoms with Crippen molar-refractivity contribution in [1.82, 2.24) is 10.6 Å². The number of benzene rings is 1. The number of ether oxygens (including phenoxy) is 2. The number of carbonyl (C=O) groups excluding carboxylic acids is 2. The van der Waals surface area contributed by atoms with Gasteiger partial charge in [0.2, 0.25) is 11.8 Å². The summed E-state index contributed by atoms with van der Waals surface area (Å²) >= 11 is 1.53. The zero-order chi connectivity index (χ0) is 18.4. The van der Waals surface area contributed by atoms with E-state index in [-0.39, 0.29) is 24.3 Å². The van der Waals surface area contributed by atoms with Crippen LogP contribution in [0.1, 0.15) is 29.8 Å². The fraction of sp³-hybridized carbons (Fsp3) is 0.368. The first-order valence-electron chi connectivity index (χ1n) is 8.57. The summed E-state index contributed by atoms with van der Waals surface area (Å²) in [6, 6.07) is 9.37. The van der Waals surface area contributed by atoms with Gasteiger partial charge in [0.15, 0.2) is 11.5 Å². The quantitative estimate of drug-likeness (QED) is 0.780. The second-order valence-corrected chi connectivity index (χ2v) is 7.03. The largest absolute Gasteiger partial charge is 0.486 e. The molecule has 3 rings (SSSR count). The molecule has 26 heavy (non-hydrogen) atoms. The molecule has 7 heteroatoms. The van der Waals surface area contributed by atoms with E-state index in [0.29, 0.717) is 26.2 Å². The van der Waals surface area contributed by atoms with E-state index in [2.05, 4.69) is 10.6 Å². The van der Waals surface area contributed by atoms with Crippen molar-refractivity contribution in [3.05, 3.63) is 46.2 Å². The van der Waals surface area contributed by atoms with Gasteiger partial charge < -0.3 is 20.1 Å². The zero-order valence-electron chi connectivity index (χ0n) is 14.6. The maximum absolute atomic E-state index is 12.3. The monoisotopic (exact) mass is 374 g/mol. The van der Waals surface area contributed by atoms with Gasteiger partial charge in [-0.2, -0.15) is 0 Å². The minimum absolute atomic E-state index is 0.0882. The van der Waals surface area contributed by atoms with Crippen LogP contribution in [0.15, 0.2) is 35.7 Å². The minimum atomic E-state index is -0.290. The lowest BCUT2D eigenvalue weighted by atomic mass is 10.1. The lowest BCUT2D eigenvalue weighted by Gasteiger charge is -2.19. The first-order chi connectivity index (χ1) is 12.6. The van der Waals surface area contributed by atoms with Crippen LogP contribution in [0, 0.1) is 0 Å². The number of nitrogens with one attached hydrogen (secondary N) is 2. The summed E-state index contributed by atoms with van der Waals surface area (Å²) in [6.45, 7) is 3.11. The van der Waals surface area contributed by atoms with Crippen LogP contribution in [0.25, 0.3) is 0 Å². The van der Waals surface area contributed by atoms with Crippen molar-refractivity contribution in [2.24, 2.45) is 0 Å². The molecule has 2 N–H and O–H groups in total. The average molecular weight is 374 g/mol. The van der Waals surface area contributed by atoms with E-state index < -0.39 is 0 Å². The SMILES string of the molecule is CC(=O)N[C@H](CC(=O)NCCc1ccc2c(c1)OCCO2)c1cccs1. The lowest BCUT2D eigenvalue weighted by molar-refractivity contribution is -0.122. The van der Waals surface area contributed by atoms with E-state index in [1.54, 1.807) is 0 Å². The second-order valence-electron chi connectivity index (χ2n) is 6.05. The minimum Gasteiger partial charge on any atom is -0.486 e. The molecular formula is C19H22N2O4S. The van der Waals surface area contributed by atoms with Crippen LogP contribution in [-0.4, -0.2) is 31.6 Å². The molecule has 0 aliphatic carbocycles. The smallest absolute Gasteiger partial charge is 0.222 e. The number of amides is 2. The predicted octanol–water partition coefficient (Wildman–Crippen LogP) is 2.45. The van der Waals surface area contributed by atoms with E-state index in [0.717, 1.165) is 21.9 Å². The summed E-state index contributed by atoms with van der Waals surface area (Å²) in [7, 11) is 0. The van der Waals surface area contributed by atoms with Crippen LogP contribution >= 0.6 is 11.3 Å². The van der Waals surface area contributed by atoms with E-state index in [1.807, 2.05) is 35.7 Å². The molecule has 2 heterocycles. The molecule has 0 unspecified atom stereocenters. The molecule has 0 spiro atoms. The number of fused-ring (bicyclic) bond motifs is 1. The molecule has 2 aromatic rings. The maximum Gasteiger partial charge on any atom is 0.222 e. The number of carbonyl (C=O) groups is 2. The summed E-state index contributed by atoms with van der Waals surface area (Å²) < 4.78 is 11.1. The molecule has 0 radical (unpaired) electrons. The molecule has 1 aromatic heterocycles. The maximum atomic E-state index is 12.3. The molecule has 1 aliphatic heterocycles. The van der Waals surface area contributed by atoms with Gasteiger partial charge in [0.1, 0.15) is 13.2 Å². The second kappa shape index (κ2) is 8.71. The van der Waals surface area contributed by atoms with Crippen LogP contribution in [-0.2, 0) is 16.0 Å². The van der Waals surface area contributed by atoms with Gasteiger partial charge in [-0.25, -0.2) is 0 Å². The molecule has 0 bridgehead atoms. The average Bonchev–Trinajstić information content (AvgIpc) is 3.15. The molecule has 138 valence electrons. The van der Waals surface area contributed by atoms with Crippen LogP contribution in [0.4, 0.5) is 0 Å². The van der Waals surface area contributed by atoms with Gasteiger partial charge >= 0.3 is 0 Å². The number of hydrogen-bond acceptors (Lipinski definition) is 5. The van der Waals surface area contributed by atoms with Gasteiger partial charge in [0.05, 0.1) is 12.5 Å². The lowest BCUT2D eigenvalue weighted by Crippen LogP contribution is -2.33. The summed E-state index contributed by atoms with van der Waals surface area (Å²) in [5.74, 6) is 1.28. The fourth-order valence-corrected chi connectivity index (χ4v) is 3.58. The van der Waals surface area contributed by atoms with E-state index in [1.165, 1.54) is 18.3 Å². The van der Waals surface area contributed by atoms with E-state index in [9.17, 15) is 9.59 Å². The van der Waals surface area contributed by atoms with Gasteiger partial charge in [0, 0.05) is 18.3 Å². The van der Waals surface area contributed by atoms with Crippen molar-refractivity contribution in [3.63, 3.8) is 0 Å². The van der Waals surface area contributed by atoms with Crippen molar-refractivity contribution in [1.29, 1.82) is 0 Å². The first kappa shape index (κ1) is 18.3. The Balaban J connectivity index is 1.49. The van der Waals surface area contributed by atoms with Crippen molar-refractivity contribution in [3.8, 4) is 11.5 Å². The molecule has 1 aliphatic rings. The highest BCUT2D eigenvalue weighted by molar-refractivity contribution is 7.10. The predicted molar refractivity (Wildman–Crippen MR) is 99.6 cm³/mol. The zero-order valence-corrected chi connectivity index (χ0v) is 15.4. The first-order valence-corrected chi connectivity index (χ1v) is 9.45. The molecule has 1 atom stereocenters. The van der Waals surface area contributed by atoms with Crippen molar-refractivity contribution >= 4 is 23.2 Å². The standard InChI is InChI=1S/C19H22N2O4S/c1-13(22)21-15(18-3-2-10-26-18)12-19(23)20-7-6-14-4-5-16-17(11-14)25-9-8-24-16/h2-5,10-11,15H,6-9,12H2,1H3,(H,20,23)(H,21,22)/t15-/m1/s1. The van der Waals surface area contributed by atoms with Crippen molar-refractivity contribution in [2.75, 3.05) is 19.8 Å². The Morgan fingerprint density at radius 2 is 2.00 bits per heavy atom. The fourth-order valence-electron chi connectivity index (χ4n) is 2.80. The molecule has 2 amide bonds. The normalized spacial score (nSPS) is 13.7. The molecule has 0 saturated carbocycles. The summed E-state index contributed by atoms with van der Waals surface area (Å²) in [5.41, 5.74) is 1.08. The molecule has 1 aromatic carbocycles. The van der Waals surface area contributed by atoms with E-state index in [4.69, 9.17) is 9.47 Å². The van der Waals surface area contributed by atoms with Gasteiger partial charge in [-0.1, -0.05) is 12.1 Å². The summed E-state index contributed by atoms with van der Waals surface area (Å²) in [6.07, 6.45) is 0.924. The Hall–Kier alpha value is -2.54. The van der Waals surface area contributed by atoms with Crippen molar-refractivity contribution < 1.29 is 19.1 Å². The van der Waals surface area contributed by atoms with Gasteiger partial charge in [-0.05, 0) is 35.6 Å². The summed E-state index contributed by atoms with van der Waals surface area (Å²) in [4.78, 5) is 24.6. The highest BCUT2D eigenvalue weighted by Crippen LogP contribution is 2.30. The van der Waals surface area contributed by atoms with Crippen LogP contribution < -0.4 is 20.1 Å². The topological polar surface area (TPSA) is 76.7 Å². The van der Waals surface area contributed by atoms with E-state index >= 15 is 0 Å². The van der Waals surface area contributed by atoms with Crippen molar-refractivity contribution in [2.45, 2.75) is 25.8 Å². The highest BCUT2D eigenvalue weighted by atomic mass is 32.1. The number of rotatable bonds is 7. The third kappa shape index (κ3) is 4.98. The third-order valence-electron chi connectivity index (χ3n) is 4.00. The van der Waals surface area contributed by atoms with Crippen LogP contribution in [0.2, 0.25) is 0 Å². The Morgan fingerprint density at radius 3 is 2.73 bits per heavy atom. The number of hydrogen-bond donors (Lipinski definition) is 2. The molecule has 6 nitrogen and oxygen atoms in total. The Labute approximate surface area is 156 Å². The number of thiophene rings is 1. The van der Waals surface area contributed by atoms with Crippen LogP contribution in [0.5, 0.6) is 11.5 Å². The van der Waals surface area contributed by atoms with Crippen LogP contribution in [0.3, 0.4) is 0 Å². The summed E-state index contributed by atoms with van der Waals surface area (Å²) in [5, 5.41) is 7.69. The van der Waals surface area contributed by atoms with Gasteiger partial charge in [-0.15, -0.1) is 11.3 Å². The van der Waals surface area contributed by atoms with Gasteiger partial charge in [-0.3, -0.25) is 9.59 Å². The Bertz CT molecular complexity index is 761. The Kier molecular flexibility index (Phi) is 6.12. The Morgan fingerprint density at radius 1 is 1.19 bits per heavy atom. The molecule has 0 saturated heterocycles. The molecular weight excluding hydrogens is 352 g/mol.